The minimum atomic E-state index is -0.977. The van der Waals surface area contributed by atoms with E-state index in [2.05, 4.69) is 31.9 Å². The molecule has 5 N–H and O–H groups in total. The van der Waals surface area contributed by atoms with Crippen molar-refractivity contribution in [2.24, 2.45) is 11.7 Å². The molecule has 29 heavy (non-hydrogen) atoms. The van der Waals surface area contributed by atoms with Crippen LogP contribution in [0, 0.1) is 5.92 Å². The molecule has 0 spiro atoms. The van der Waals surface area contributed by atoms with Crippen LogP contribution in [0.2, 0.25) is 0 Å². The van der Waals surface area contributed by atoms with E-state index in [1.165, 1.54) is 0 Å². The number of benzene rings is 2. The molecule has 2 unspecified atom stereocenters. The number of hydrogen-bond donors (Lipinski definition) is 4. The largest absolute Gasteiger partial charge is 0.368 e. The van der Waals surface area contributed by atoms with Crippen molar-refractivity contribution in [1.29, 1.82) is 0 Å². The van der Waals surface area contributed by atoms with Crippen LogP contribution in [0.4, 0.5) is 10.5 Å². The molecule has 0 aliphatic heterocycles. The van der Waals surface area contributed by atoms with Gasteiger partial charge in [-0.15, -0.1) is 0 Å². The molecule has 0 aromatic heterocycles. The van der Waals surface area contributed by atoms with Crippen molar-refractivity contribution in [2.45, 2.75) is 32.4 Å². The van der Waals surface area contributed by atoms with E-state index in [0.29, 0.717) is 17.7 Å². The maximum atomic E-state index is 12.8. The first-order chi connectivity index (χ1) is 13.8. The zero-order chi connectivity index (χ0) is 21.4. The highest BCUT2D eigenvalue weighted by atomic mass is 79.9. The first-order valence-electron chi connectivity index (χ1n) is 9.24. The van der Waals surface area contributed by atoms with Crippen molar-refractivity contribution >= 4 is 39.5 Å². The highest BCUT2D eigenvalue weighted by Crippen LogP contribution is 2.15. The fourth-order valence-electron chi connectivity index (χ4n) is 2.77. The maximum Gasteiger partial charge on any atom is 0.319 e. The van der Waals surface area contributed by atoms with Gasteiger partial charge in [0.25, 0.3) is 0 Å². The lowest BCUT2D eigenvalue weighted by atomic mass is 10.0. The summed E-state index contributed by atoms with van der Waals surface area (Å²) < 4.78 is 0.888. The predicted molar refractivity (Wildman–Crippen MR) is 116 cm³/mol. The summed E-state index contributed by atoms with van der Waals surface area (Å²) in [5.41, 5.74) is 6.65. The van der Waals surface area contributed by atoms with Crippen LogP contribution in [-0.2, 0) is 9.59 Å². The van der Waals surface area contributed by atoms with E-state index in [-0.39, 0.29) is 5.92 Å². The SMILES string of the molecule is CC(C)CC(NC(=O)Nc1ccc(Br)cc1)C(=O)NC(C(N)=O)c1ccccc1. The van der Waals surface area contributed by atoms with E-state index in [9.17, 15) is 14.4 Å². The average Bonchev–Trinajstić information content (AvgIpc) is 2.67. The van der Waals surface area contributed by atoms with Gasteiger partial charge in [0.2, 0.25) is 11.8 Å². The number of halogens is 1. The lowest BCUT2D eigenvalue weighted by Crippen LogP contribution is -2.51. The summed E-state index contributed by atoms with van der Waals surface area (Å²) in [5.74, 6) is -1.01. The summed E-state index contributed by atoms with van der Waals surface area (Å²) in [4.78, 5) is 37.1. The number of primary amides is 1. The van der Waals surface area contributed by atoms with Gasteiger partial charge in [-0.2, -0.15) is 0 Å². The van der Waals surface area contributed by atoms with Crippen LogP contribution in [0.1, 0.15) is 31.9 Å². The Morgan fingerprint density at radius 3 is 2.14 bits per heavy atom. The van der Waals surface area contributed by atoms with Crippen molar-refractivity contribution in [3.05, 3.63) is 64.6 Å². The number of hydrogen-bond acceptors (Lipinski definition) is 3. The molecule has 2 atom stereocenters. The number of rotatable bonds is 8. The van der Waals surface area contributed by atoms with Gasteiger partial charge in [0.05, 0.1) is 0 Å². The van der Waals surface area contributed by atoms with Crippen molar-refractivity contribution in [1.82, 2.24) is 10.6 Å². The standard InChI is InChI=1S/C21H25BrN4O3/c1-13(2)12-17(25-21(29)24-16-10-8-15(22)9-11-16)20(28)26-18(19(23)27)14-6-4-3-5-7-14/h3-11,13,17-18H,12H2,1-2H3,(H2,23,27)(H,26,28)(H2,24,25,29). The molecule has 154 valence electrons. The Bertz CT molecular complexity index is 841. The summed E-state index contributed by atoms with van der Waals surface area (Å²) >= 11 is 3.33. The molecule has 0 heterocycles. The smallest absolute Gasteiger partial charge is 0.319 e. The molecule has 2 rings (SSSR count). The van der Waals surface area contributed by atoms with Gasteiger partial charge in [0.15, 0.2) is 0 Å². The van der Waals surface area contributed by atoms with Crippen LogP contribution < -0.4 is 21.7 Å². The molecular weight excluding hydrogens is 436 g/mol. The van der Waals surface area contributed by atoms with Crippen molar-refractivity contribution in [3.63, 3.8) is 0 Å². The molecule has 0 radical (unpaired) electrons. The summed E-state index contributed by atoms with van der Waals surface area (Å²) in [6, 6.07) is 13.5. The van der Waals surface area contributed by atoms with Gasteiger partial charge < -0.3 is 21.7 Å². The molecule has 0 saturated carbocycles. The second-order valence-electron chi connectivity index (χ2n) is 7.04. The zero-order valence-electron chi connectivity index (χ0n) is 16.3. The van der Waals surface area contributed by atoms with E-state index in [0.717, 1.165) is 4.47 Å². The van der Waals surface area contributed by atoms with Gasteiger partial charge >= 0.3 is 6.03 Å². The minimum absolute atomic E-state index is 0.141. The Kier molecular flexibility index (Phi) is 8.21. The zero-order valence-corrected chi connectivity index (χ0v) is 17.9. The van der Waals surface area contributed by atoms with Crippen LogP contribution in [-0.4, -0.2) is 23.9 Å². The Morgan fingerprint density at radius 1 is 0.966 bits per heavy atom. The normalized spacial score (nSPS) is 12.7. The Hall–Kier alpha value is -2.87. The lowest BCUT2D eigenvalue weighted by molar-refractivity contribution is -0.128. The molecule has 0 fully saturated rings. The average molecular weight is 461 g/mol. The number of nitrogens with one attached hydrogen (secondary N) is 3. The number of carbonyl (C=O) groups is 3. The third-order valence-electron chi connectivity index (χ3n) is 4.14. The van der Waals surface area contributed by atoms with Crippen molar-refractivity contribution in [3.8, 4) is 0 Å². The van der Waals surface area contributed by atoms with Crippen molar-refractivity contribution in [2.75, 3.05) is 5.32 Å². The van der Waals surface area contributed by atoms with Gasteiger partial charge in [0, 0.05) is 10.2 Å². The van der Waals surface area contributed by atoms with E-state index in [4.69, 9.17) is 5.73 Å². The summed E-state index contributed by atoms with van der Waals surface area (Å²) in [7, 11) is 0. The van der Waals surface area contributed by atoms with E-state index >= 15 is 0 Å². The topological polar surface area (TPSA) is 113 Å². The van der Waals surface area contributed by atoms with Crippen LogP contribution in [0.3, 0.4) is 0 Å². The highest BCUT2D eigenvalue weighted by molar-refractivity contribution is 9.10. The summed E-state index contributed by atoms with van der Waals surface area (Å²) in [6.45, 7) is 3.88. The molecule has 0 bridgehead atoms. The molecule has 0 saturated heterocycles. The monoisotopic (exact) mass is 460 g/mol. The quantitative estimate of drug-likeness (QED) is 0.484. The van der Waals surface area contributed by atoms with Gasteiger partial charge in [-0.25, -0.2) is 4.79 Å². The molecule has 4 amide bonds. The number of carbonyl (C=O) groups excluding carboxylic acids is 3. The van der Waals surface area contributed by atoms with Crippen LogP contribution in [0.25, 0.3) is 0 Å². The Labute approximate surface area is 178 Å². The first-order valence-corrected chi connectivity index (χ1v) is 10.0. The maximum absolute atomic E-state index is 12.8. The van der Waals surface area contributed by atoms with Crippen LogP contribution in [0.5, 0.6) is 0 Å². The molecular formula is C21H25BrN4O3. The molecule has 0 aliphatic carbocycles. The molecule has 0 aliphatic rings. The minimum Gasteiger partial charge on any atom is -0.368 e. The Morgan fingerprint density at radius 2 is 1.59 bits per heavy atom. The third-order valence-corrected chi connectivity index (χ3v) is 4.66. The van der Waals surface area contributed by atoms with Crippen LogP contribution >= 0.6 is 15.9 Å². The predicted octanol–water partition coefficient (Wildman–Crippen LogP) is 3.33. The van der Waals surface area contributed by atoms with Crippen LogP contribution in [0.15, 0.2) is 59.1 Å². The molecule has 2 aromatic rings. The number of nitrogens with two attached hydrogens (primary N) is 1. The summed E-state index contributed by atoms with van der Waals surface area (Å²) in [6.07, 6.45) is 0.403. The molecule has 8 heteroatoms. The van der Waals surface area contributed by atoms with E-state index in [1.54, 1.807) is 54.6 Å². The fraction of sp³-hybridized carbons (Fsp3) is 0.286. The van der Waals surface area contributed by atoms with Gasteiger partial charge in [0.1, 0.15) is 12.1 Å². The highest BCUT2D eigenvalue weighted by Gasteiger charge is 2.27. The third kappa shape index (κ3) is 7.23. The lowest BCUT2D eigenvalue weighted by Gasteiger charge is -2.23. The van der Waals surface area contributed by atoms with Gasteiger partial charge in [-0.1, -0.05) is 60.1 Å². The Balaban J connectivity index is 2.09. The summed E-state index contributed by atoms with van der Waals surface area (Å²) in [5, 5.41) is 8.03. The number of amides is 4. The fourth-order valence-corrected chi connectivity index (χ4v) is 3.03. The van der Waals surface area contributed by atoms with Gasteiger partial charge in [-0.3, -0.25) is 9.59 Å². The second kappa shape index (κ2) is 10.6. The molecule has 2 aromatic carbocycles. The first kappa shape index (κ1) is 22.4. The molecule has 7 nitrogen and oxygen atoms in total. The van der Waals surface area contributed by atoms with E-state index < -0.39 is 29.9 Å². The second-order valence-corrected chi connectivity index (χ2v) is 7.96. The number of anilines is 1. The van der Waals surface area contributed by atoms with Crippen molar-refractivity contribution < 1.29 is 14.4 Å². The van der Waals surface area contributed by atoms with E-state index in [1.807, 2.05) is 13.8 Å². The number of urea groups is 1. The van der Waals surface area contributed by atoms with Gasteiger partial charge in [-0.05, 0) is 42.2 Å².